The first kappa shape index (κ1) is 19.5. The van der Waals surface area contributed by atoms with Gasteiger partial charge in [0.05, 0.1) is 17.3 Å². The predicted octanol–water partition coefficient (Wildman–Crippen LogP) is 2.49. The Bertz CT molecular complexity index is 937. The SMILES string of the molecule is CSC(=NC(=O)CN1C(=O)c2ccccc2C1=O)N(C)N=Cc1ccccc1. The fraction of sp³-hybridized carbons (Fsp3) is 0.150. The molecular weight excluding hydrogens is 376 g/mol. The van der Waals surface area contributed by atoms with Crippen molar-refractivity contribution < 1.29 is 14.4 Å². The maximum Gasteiger partial charge on any atom is 0.268 e. The van der Waals surface area contributed by atoms with Gasteiger partial charge in [0.1, 0.15) is 6.54 Å². The first-order valence-electron chi connectivity index (χ1n) is 8.44. The molecule has 0 N–H and O–H groups in total. The van der Waals surface area contributed by atoms with Crippen molar-refractivity contribution in [2.45, 2.75) is 0 Å². The molecule has 1 aliphatic heterocycles. The normalized spacial score (nSPS) is 13.9. The number of carbonyl (C=O) groups excluding carboxylic acids is 3. The minimum atomic E-state index is -0.597. The molecule has 142 valence electrons. The standard InChI is InChI=1S/C20H18N4O3S/c1-23(21-12-14-8-4-3-5-9-14)20(28-2)22-17(25)13-24-18(26)15-10-6-7-11-16(15)19(24)27/h3-12H,13H2,1-2H3. The lowest BCUT2D eigenvalue weighted by Crippen LogP contribution is -2.35. The third-order valence-electron chi connectivity index (χ3n) is 4.03. The number of hydrazone groups is 1. The van der Waals surface area contributed by atoms with Crippen molar-refractivity contribution in [3.63, 3.8) is 0 Å². The number of benzene rings is 2. The van der Waals surface area contributed by atoms with Crippen molar-refractivity contribution in [1.82, 2.24) is 9.91 Å². The van der Waals surface area contributed by atoms with Crippen molar-refractivity contribution in [3.8, 4) is 0 Å². The van der Waals surface area contributed by atoms with E-state index >= 15 is 0 Å². The summed E-state index contributed by atoms with van der Waals surface area (Å²) in [5, 5.41) is 6.10. The Balaban J connectivity index is 1.69. The fourth-order valence-electron chi connectivity index (χ4n) is 2.65. The van der Waals surface area contributed by atoms with Crippen LogP contribution in [0.1, 0.15) is 26.3 Å². The largest absolute Gasteiger partial charge is 0.270 e. The predicted molar refractivity (Wildman–Crippen MR) is 110 cm³/mol. The average molecular weight is 394 g/mol. The number of imide groups is 1. The Kier molecular flexibility index (Phi) is 6.00. The zero-order valence-electron chi connectivity index (χ0n) is 15.4. The van der Waals surface area contributed by atoms with E-state index in [1.807, 2.05) is 30.3 Å². The molecule has 7 nitrogen and oxygen atoms in total. The lowest BCUT2D eigenvalue weighted by atomic mass is 10.1. The number of fused-ring (bicyclic) bond motifs is 1. The molecule has 0 radical (unpaired) electrons. The van der Waals surface area contributed by atoms with E-state index in [4.69, 9.17) is 0 Å². The molecule has 0 aliphatic carbocycles. The van der Waals surface area contributed by atoms with Gasteiger partial charge in [-0.15, -0.1) is 0 Å². The lowest BCUT2D eigenvalue weighted by molar-refractivity contribution is -0.118. The monoisotopic (exact) mass is 394 g/mol. The van der Waals surface area contributed by atoms with Crippen LogP contribution >= 0.6 is 11.8 Å². The van der Waals surface area contributed by atoms with Crippen molar-refractivity contribution in [2.24, 2.45) is 10.1 Å². The van der Waals surface area contributed by atoms with E-state index in [1.165, 1.54) is 16.8 Å². The molecule has 0 fully saturated rings. The molecule has 1 aliphatic rings. The second kappa shape index (κ2) is 8.62. The summed E-state index contributed by atoms with van der Waals surface area (Å²) in [6.07, 6.45) is 3.42. The molecule has 0 aromatic heterocycles. The zero-order valence-corrected chi connectivity index (χ0v) is 16.2. The van der Waals surface area contributed by atoms with Gasteiger partial charge in [0.25, 0.3) is 17.7 Å². The fourth-order valence-corrected chi connectivity index (χ4v) is 3.16. The summed E-state index contributed by atoms with van der Waals surface area (Å²) in [6, 6.07) is 16.0. The van der Waals surface area contributed by atoms with E-state index in [0.717, 1.165) is 10.5 Å². The Morgan fingerprint density at radius 1 is 1.04 bits per heavy atom. The minimum Gasteiger partial charge on any atom is -0.270 e. The molecule has 0 spiro atoms. The van der Waals surface area contributed by atoms with Crippen molar-refractivity contribution in [3.05, 3.63) is 71.3 Å². The highest BCUT2D eigenvalue weighted by atomic mass is 32.2. The van der Waals surface area contributed by atoms with Gasteiger partial charge in [0, 0.05) is 7.05 Å². The van der Waals surface area contributed by atoms with E-state index in [0.29, 0.717) is 16.3 Å². The second-order valence-electron chi connectivity index (χ2n) is 5.91. The van der Waals surface area contributed by atoms with Crippen LogP contribution in [0.4, 0.5) is 0 Å². The van der Waals surface area contributed by atoms with E-state index in [-0.39, 0.29) is 0 Å². The van der Waals surface area contributed by atoms with Crippen LogP contribution in [0.5, 0.6) is 0 Å². The summed E-state index contributed by atoms with van der Waals surface area (Å²) in [7, 11) is 1.67. The molecule has 1 heterocycles. The molecule has 3 rings (SSSR count). The molecule has 0 bridgehead atoms. The van der Waals surface area contributed by atoms with E-state index in [1.54, 1.807) is 43.8 Å². The summed E-state index contributed by atoms with van der Waals surface area (Å²) < 4.78 is 0. The third kappa shape index (κ3) is 4.17. The van der Waals surface area contributed by atoms with Crippen molar-refractivity contribution in [1.29, 1.82) is 0 Å². The molecule has 2 aromatic carbocycles. The van der Waals surface area contributed by atoms with Gasteiger partial charge in [0.2, 0.25) is 0 Å². The van der Waals surface area contributed by atoms with Gasteiger partial charge < -0.3 is 0 Å². The number of hydrogen-bond donors (Lipinski definition) is 0. The first-order chi connectivity index (χ1) is 13.5. The number of rotatable bonds is 4. The number of thioether (sulfide) groups is 1. The van der Waals surface area contributed by atoms with Gasteiger partial charge in [-0.1, -0.05) is 54.2 Å². The quantitative estimate of drug-likeness (QED) is 0.344. The highest BCUT2D eigenvalue weighted by Gasteiger charge is 2.36. The maximum atomic E-state index is 12.4. The van der Waals surface area contributed by atoms with Gasteiger partial charge in [-0.25, -0.2) is 5.01 Å². The van der Waals surface area contributed by atoms with Crippen molar-refractivity contribution in [2.75, 3.05) is 19.8 Å². The number of hydrogen-bond acceptors (Lipinski definition) is 5. The first-order valence-corrected chi connectivity index (χ1v) is 9.67. The summed E-state index contributed by atoms with van der Waals surface area (Å²) in [6.45, 7) is -0.410. The molecule has 28 heavy (non-hydrogen) atoms. The van der Waals surface area contributed by atoms with Crippen LogP contribution in [-0.2, 0) is 4.79 Å². The van der Waals surface area contributed by atoms with Crippen LogP contribution in [0.25, 0.3) is 0 Å². The minimum absolute atomic E-state index is 0.305. The summed E-state index contributed by atoms with van der Waals surface area (Å²) in [5.41, 5.74) is 1.52. The average Bonchev–Trinajstić information content (AvgIpc) is 2.96. The molecule has 0 saturated carbocycles. The van der Waals surface area contributed by atoms with Gasteiger partial charge in [-0.3, -0.25) is 19.3 Å². The van der Waals surface area contributed by atoms with Crippen LogP contribution in [-0.4, -0.2) is 58.9 Å². The second-order valence-corrected chi connectivity index (χ2v) is 6.69. The Labute approximate surface area is 166 Å². The van der Waals surface area contributed by atoms with Crippen LogP contribution < -0.4 is 0 Å². The third-order valence-corrected chi connectivity index (χ3v) is 4.75. The molecule has 8 heteroatoms. The number of aliphatic imine (C=N–C) groups is 1. The number of amides is 3. The van der Waals surface area contributed by atoms with Crippen LogP contribution in [0.3, 0.4) is 0 Å². The number of carbonyl (C=O) groups is 3. The molecule has 2 aromatic rings. The molecular formula is C20H18N4O3S. The molecule has 0 saturated heterocycles. The van der Waals surface area contributed by atoms with Crippen LogP contribution in [0.2, 0.25) is 0 Å². The van der Waals surface area contributed by atoms with Crippen LogP contribution in [0, 0.1) is 0 Å². The Morgan fingerprint density at radius 2 is 1.61 bits per heavy atom. The van der Waals surface area contributed by atoms with E-state index in [9.17, 15) is 14.4 Å². The van der Waals surface area contributed by atoms with E-state index in [2.05, 4.69) is 10.1 Å². The van der Waals surface area contributed by atoms with Crippen LogP contribution in [0.15, 0.2) is 64.7 Å². The van der Waals surface area contributed by atoms with E-state index < -0.39 is 24.3 Å². The molecule has 0 unspecified atom stereocenters. The summed E-state index contributed by atoms with van der Waals surface area (Å²) in [5.74, 6) is -1.56. The zero-order chi connectivity index (χ0) is 20.1. The number of nitrogens with zero attached hydrogens (tertiary/aromatic N) is 4. The highest BCUT2D eigenvalue weighted by Crippen LogP contribution is 2.22. The Hall–Kier alpha value is -3.26. The Morgan fingerprint density at radius 3 is 2.18 bits per heavy atom. The van der Waals surface area contributed by atoms with Gasteiger partial charge >= 0.3 is 0 Å². The van der Waals surface area contributed by atoms with Gasteiger partial charge in [-0.05, 0) is 24.0 Å². The van der Waals surface area contributed by atoms with Gasteiger partial charge in [0.15, 0.2) is 5.17 Å². The maximum absolute atomic E-state index is 12.4. The highest BCUT2D eigenvalue weighted by molar-refractivity contribution is 8.13. The molecule has 0 atom stereocenters. The number of amidine groups is 1. The topological polar surface area (TPSA) is 82.4 Å². The molecule has 3 amide bonds. The lowest BCUT2D eigenvalue weighted by Gasteiger charge is -2.14. The smallest absolute Gasteiger partial charge is 0.268 e. The van der Waals surface area contributed by atoms with Gasteiger partial charge in [-0.2, -0.15) is 10.1 Å². The van der Waals surface area contributed by atoms with Crippen molar-refractivity contribution >= 4 is 40.9 Å². The summed E-state index contributed by atoms with van der Waals surface area (Å²) >= 11 is 1.24. The summed E-state index contributed by atoms with van der Waals surface area (Å²) in [4.78, 5) is 42.0.